The van der Waals surface area contributed by atoms with Crippen LogP contribution in [-0.2, 0) is 10.3 Å². The number of benzene rings is 1. The number of carbonyl (C=O) groups is 1. The summed E-state index contributed by atoms with van der Waals surface area (Å²) in [6.45, 7) is 1.91. The second-order valence-corrected chi connectivity index (χ2v) is 6.91. The Hall–Kier alpha value is -1.44. The fourth-order valence-corrected chi connectivity index (χ4v) is 3.74. The van der Waals surface area contributed by atoms with Gasteiger partial charge in [0.2, 0.25) is 5.91 Å². The zero-order valence-corrected chi connectivity index (χ0v) is 12.7. The van der Waals surface area contributed by atoms with Crippen LogP contribution in [0.1, 0.15) is 17.0 Å². The van der Waals surface area contributed by atoms with Gasteiger partial charge in [-0.15, -0.1) is 10.2 Å². The van der Waals surface area contributed by atoms with Crippen molar-refractivity contribution in [2.75, 3.05) is 5.75 Å². The van der Waals surface area contributed by atoms with Gasteiger partial charge < -0.3 is 11.5 Å². The molecule has 1 heterocycles. The van der Waals surface area contributed by atoms with E-state index in [0.717, 1.165) is 14.9 Å². The van der Waals surface area contributed by atoms with Crippen molar-refractivity contribution in [2.24, 2.45) is 11.5 Å². The molecule has 1 atom stereocenters. The van der Waals surface area contributed by atoms with E-state index in [4.69, 9.17) is 11.5 Å². The quantitative estimate of drug-likeness (QED) is 0.792. The number of rotatable bonds is 6. The fourth-order valence-electron chi connectivity index (χ4n) is 1.78. The van der Waals surface area contributed by atoms with Gasteiger partial charge in [0.1, 0.15) is 10.5 Å². The Morgan fingerprint density at radius 3 is 2.60 bits per heavy atom. The van der Waals surface area contributed by atoms with Crippen LogP contribution < -0.4 is 11.5 Å². The van der Waals surface area contributed by atoms with Crippen LogP contribution in [0, 0.1) is 6.92 Å². The molecule has 2 rings (SSSR count). The third kappa shape index (κ3) is 3.36. The van der Waals surface area contributed by atoms with Crippen molar-refractivity contribution >= 4 is 29.0 Å². The van der Waals surface area contributed by atoms with Gasteiger partial charge in [-0.1, -0.05) is 53.4 Å². The number of carbonyl (C=O) groups excluding carboxylic acids is 1. The third-order valence-electron chi connectivity index (χ3n) is 2.96. The Labute approximate surface area is 125 Å². The van der Waals surface area contributed by atoms with Crippen LogP contribution in [0.5, 0.6) is 0 Å². The first kappa shape index (κ1) is 15.0. The summed E-state index contributed by atoms with van der Waals surface area (Å²) in [5.41, 5.74) is 11.3. The molecule has 0 saturated carbocycles. The molecular weight excluding hydrogens is 292 g/mol. The number of nitrogens with zero attached hydrogens (tertiary/aromatic N) is 2. The molecule has 4 N–H and O–H groups in total. The number of primary amides is 1. The molecule has 5 nitrogen and oxygen atoms in total. The highest BCUT2D eigenvalue weighted by Gasteiger charge is 2.33. The van der Waals surface area contributed by atoms with Crippen LogP contribution in [0.15, 0.2) is 34.7 Å². The number of amides is 1. The molecule has 1 amide bonds. The van der Waals surface area contributed by atoms with Crippen molar-refractivity contribution in [1.82, 2.24) is 10.2 Å². The van der Waals surface area contributed by atoms with Gasteiger partial charge in [-0.3, -0.25) is 4.79 Å². The maximum absolute atomic E-state index is 11.7. The molecular formula is C13H16N4OS2. The Balaban J connectivity index is 2.05. The van der Waals surface area contributed by atoms with Gasteiger partial charge in [0.25, 0.3) is 0 Å². The highest BCUT2D eigenvalue weighted by molar-refractivity contribution is 8.01. The molecule has 7 heteroatoms. The molecule has 106 valence electrons. The van der Waals surface area contributed by atoms with E-state index in [9.17, 15) is 4.79 Å². The van der Waals surface area contributed by atoms with Gasteiger partial charge in [-0.2, -0.15) is 0 Å². The molecule has 20 heavy (non-hydrogen) atoms. The van der Waals surface area contributed by atoms with E-state index in [1.807, 2.05) is 37.3 Å². The van der Waals surface area contributed by atoms with Gasteiger partial charge in [0, 0.05) is 5.75 Å². The van der Waals surface area contributed by atoms with Crippen LogP contribution in [0.2, 0.25) is 0 Å². The van der Waals surface area contributed by atoms with E-state index in [-0.39, 0.29) is 0 Å². The first-order valence-corrected chi connectivity index (χ1v) is 7.90. The highest BCUT2D eigenvalue weighted by Crippen LogP contribution is 2.28. The minimum atomic E-state index is -1.14. The SMILES string of the molecule is Cc1nnc(SCCC(N)(C(N)=O)c2ccccc2)s1. The van der Waals surface area contributed by atoms with Gasteiger partial charge >= 0.3 is 0 Å². The summed E-state index contributed by atoms with van der Waals surface area (Å²) in [4.78, 5) is 11.7. The number of hydrogen-bond donors (Lipinski definition) is 2. The van der Waals surface area contributed by atoms with E-state index >= 15 is 0 Å². The van der Waals surface area contributed by atoms with Crippen molar-refractivity contribution in [3.8, 4) is 0 Å². The topological polar surface area (TPSA) is 94.9 Å². The number of hydrogen-bond acceptors (Lipinski definition) is 6. The lowest BCUT2D eigenvalue weighted by Crippen LogP contribution is -2.49. The van der Waals surface area contributed by atoms with E-state index in [1.54, 1.807) is 0 Å². The second-order valence-electron chi connectivity index (χ2n) is 4.39. The Bertz CT molecular complexity index is 587. The Morgan fingerprint density at radius 1 is 1.35 bits per heavy atom. The maximum atomic E-state index is 11.7. The van der Waals surface area contributed by atoms with Crippen molar-refractivity contribution in [3.05, 3.63) is 40.9 Å². The average Bonchev–Trinajstić information content (AvgIpc) is 2.85. The molecule has 0 aliphatic heterocycles. The lowest BCUT2D eigenvalue weighted by atomic mass is 9.88. The van der Waals surface area contributed by atoms with E-state index in [1.165, 1.54) is 23.1 Å². The third-order valence-corrected chi connectivity index (χ3v) is 4.93. The number of nitrogens with two attached hydrogens (primary N) is 2. The smallest absolute Gasteiger partial charge is 0.242 e. The van der Waals surface area contributed by atoms with E-state index < -0.39 is 11.4 Å². The average molecular weight is 308 g/mol. The van der Waals surface area contributed by atoms with Crippen molar-refractivity contribution < 1.29 is 4.79 Å². The van der Waals surface area contributed by atoms with Gasteiger partial charge in [-0.05, 0) is 18.9 Å². The zero-order chi connectivity index (χ0) is 14.6. The lowest BCUT2D eigenvalue weighted by molar-refractivity contribution is -0.123. The van der Waals surface area contributed by atoms with E-state index in [2.05, 4.69) is 10.2 Å². The molecule has 2 aromatic rings. The van der Waals surface area contributed by atoms with Crippen LogP contribution in [0.3, 0.4) is 0 Å². The monoisotopic (exact) mass is 308 g/mol. The van der Waals surface area contributed by atoms with E-state index in [0.29, 0.717) is 12.2 Å². The fraction of sp³-hybridized carbons (Fsp3) is 0.308. The molecule has 0 spiro atoms. The highest BCUT2D eigenvalue weighted by atomic mass is 32.2. The molecule has 0 saturated heterocycles. The van der Waals surface area contributed by atoms with Gasteiger partial charge in [0.05, 0.1) is 0 Å². The first-order valence-electron chi connectivity index (χ1n) is 6.09. The summed E-state index contributed by atoms with van der Waals surface area (Å²) in [5.74, 6) is 0.140. The number of aryl methyl sites for hydroxylation is 1. The summed E-state index contributed by atoms with van der Waals surface area (Å²) in [5, 5.41) is 8.90. The van der Waals surface area contributed by atoms with Crippen molar-refractivity contribution in [2.45, 2.75) is 23.2 Å². The van der Waals surface area contributed by atoms with Crippen LogP contribution >= 0.6 is 23.1 Å². The molecule has 1 aromatic carbocycles. The van der Waals surface area contributed by atoms with Gasteiger partial charge in [0.15, 0.2) is 4.34 Å². The minimum absolute atomic E-state index is 0.454. The Morgan fingerprint density at radius 2 is 2.05 bits per heavy atom. The maximum Gasteiger partial charge on any atom is 0.242 e. The van der Waals surface area contributed by atoms with Crippen LogP contribution in [0.4, 0.5) is 0 Å². The van der Waals surface area contributed by atoms with Gasteiger partial charge in [-0.25, -0.2) is 0 Å². The second kappa shape index (κ2) is 6.34. The predicted molar refractivity (Wildman–Crippen MR) is 81.5 cm³/mol. The van der Waals surface area contributed by atoms with Crippen molar-refractivity contribution in [3.63, 3.8) is 0 Å². The molecule has 0 fully saturated rings. The molecule has 0 bridgehead atoms. The zero-order valence-electron chi connectivity index (χ0n) is 11.1. The lowest BCUT2D eigenvalue weighted by Gasteiger charge is -2.26. The molecule has 1 unspecified atom stereocenters. The molecule has 0 radical (unpaired) electrons. The summed E-state index contributed by atoms with van der Waals surface area (Å²) < 4.78 is 0.877. The predicted octanol–water partition coefficient (Wildman–Crippen LogP) is 1.67. The van der Waals surface area contributed by atoms with Crippen LogP contribution in [0.25, 0.3) is 0 Å². The summed E-state index contributed by atoms with van der Waals surface area (Å²) in [6, 6.07) is 9.22. The molecule has 0 aliphatic rings. The van der Waals surface area contributed by atoms with Crippen molar-refractivity contribution in [1.29, 1.82) is 0 Å². The molecule has 0 aliphatic carbocycles. The molecule has 1 aromatic heterocycles. The Kier molecular flexibility index (Phi) is 4.74. The first-order chi connectivity index (χ1) is 9.52. The largest absolute Gasteiger partial charge is 0.368 e. The number of aromatic nitrogens is 2. The summed E-state index contributed by atoms with van der Waals surface area (Å²) in [6.07, 6.45) is 0.454. The van der Waals surface area contributed by atoms with Crippen LogP contribution in [-0.4, -0.2) is 21.9 Å². The minimum Gasteiger partial charge on any atom is -0.368 e. The number of thioether (sulfide) groups is 1. The normalized spacial score (nSPS) is 13.9. The standard InChI is InChI=1S/C13H16N4OS2/c1-9-16-17-12(20-9)19-8-7-13(15,11(14)18)10-5-3-2-4-6-10/h2-6H,7-8,15H2,1H3,(H2,14,18). The summed E-state index contributed by atoms with van der Waals surface area (Å²) in [7, 11) is 0. The summed E-state index contributed by atoms with van der Waals surface area (Å²) >= 11 is 3.06.